The minimum atomic E-state index is -0.248. The van der Waals surface area contributed by atoms with Crippen LogP contribution in [0.25, 0.3) is 0 Å². The van der Waals surface area contributed by atoms with Crippen LogP contribution in [0.4, 0.5) is 11.5 Å². The second-order valence-electron chi connectivity index (χ2n) is 4.48. The molecule has 0 bridgehead atoms. The van der Waals surface area contributed by atoms with E-state index in [1.807, 2.05) is 18.0 Å². The van der Waals surface area contributed by atoms with Crippen molar-refractivity contribution in [2.75, 3.05) is 17.7 Å². The number of anilines is 2. The molecule has 0 radical (unpaired) electrons. The largest absolute Gasteiger partial charge is 0.399 e. The fraction of sp³-hybridized carbons (Fsp3) is 0.583. The van der Waals surface area contributed by atoms with Crippen molar-refractivity contribution in [3.63, 3.8) is 0 Å². The van der Waals surface area contributed by atoms with E-state index in [0.717, 1.165) is 25.1 Å². The normalized spacial score (nSPS) is 25.4. The highest BCUT2D eigenvalue weighted by atomic mass is 16.3. The summed E-state index contributed by atoms with van der Waals surface area (Å²) in [7, 11) is 1.97. The molecule has 1 aliphatic carbocycles. The average molecular weight is 221 g/mol. The summed E-state index contributed by atoms with van der Waals surface area (Å²) in [5.41, 5.74) is 6.44. The molecule has 0 saturated heterocycles. The molecule has 1 aromatic heterocycles. The molecule has 2 rings (SSSR count). The van der Waals surface area contributed by atoms with Crippen molar-refractivity contribution in [2.24, 2.45) is 0 Å². The maximum Gasteiger partial charge on any atom is 0.130 e. The minimum absolute atomic E-state index is 0.169. The van der Waals surface area contributed by atoms with E-state index >= 15 is 0 Å². The van der Waals surface area contributed by atoms with Crippen molar-refractivity contribution in [3.05, 3.63) is 18.3 Å². The van der Waals surface area contributed by atoms with Gasteiger partial charge in [0.05, 0.1) is 12.1 Å². The smallest absolute Gasteiger partial charge is 0.130 e. The van der Waals surface area contributed by atoms with E-state index in [2.05, 4.69) is 4.98 Å². The van der Waals surface area contributed by atoms with Crippen molar-refractivity contribution in [1.29, 1.82) is 0 Å². The molecule has 0 spiro atoms. The number of nitrogens with two attached hydrogens (primary N) is 1. The van der Waals surface area contributed by atoms with E-state index in [1.54, 1.807) is 12.3 Å². The van der Waals surface area contributed by atoms with Gasteiger partial charge in [0.1, 0.15) is 5.82 Å². The van der Waals surface area contributed by atoms with Crippen LogP contribution >= 0.6 is 0 Å². The Morgan fingerprint density at radius 3 is 2.88 bits per heavy atom. The Labute approximate surface area is 96.1 Å². The van der Waals surface area contributed by atoms with Gasteiger partial charge in [-0.15, -0.1) is 0 Å². The zero-order valence-electron chi connectivity index (χ0n) is 9.63. The summed E-state index contributed by atoms with van der Waals surface area (Å²) in [6, 6.07) is 3.79. The summed E-state index contributed by atoms with van der Waals surface area (Å²) < 4.78 is 0. The number of rotatable bonds is 2. The summed E-state index contributed by atoms with van der Waals surface area (Å²) in [4.78, 5) is 6.33. The van der Waals surface area contributed by atoms with Gasteiger partial charge in [0.15, 0.2) is 0 Å². The van der Waals surface area contributed by atoms with Crippen LogP contribution in [0.15, 0.2) is 18.3 Å². The van der Waals surface area contributed by atoms with Crippen LogP contribution in [0.5, 0.6) is 0 Å². The number of hydrogen-bond donors (Lipinski definition) is 2. The first-order valence-corrected chi connectivity index (χ1v) is 5.81. The van der Waals surface area contributed by atoms with Crippen LogP contribution < -0.4 is 10.6 Å². The molecule has 1 saturated carbocycles. The van der Waals surface area contributed by atoms with E-state index in [-0.39, 0.29) is 12.1 Å². The number of aromatic nitrogens is 1. The minimum Gasteiger partial charge on any atom is -0.399 e. The second-order valence-corrected chi connectivity index (χ2v) is 4.48. The van der Waals surface area contributed by atoms with Gasteiger partial charge in [0, 0.05) is 25.0 Å². The fourth-order valence-electron chi connectivity index (χ4n) is 2.34. The zero-order valence-corrected chi connectivity index (χ0v) is 9.63. The molecule has 16 heavy (non-hydrogen) atoms. The van der Waals surface area contributed by atoms with Gasteiger partial charge in [0.25, 0.3) is 0 Å². The molecule has 4 heteroatoms. The lowest BCUT2D eigenvalue weighted by Gasteiger charge is -2.35. The highest BCUT2D eigenvalue weighted by molar-refractivity contribution is 5.50. The van der Waals surface area contributed by atoms with Crippen molar-refractivity contribution in [2.45, 2.75) is 37.8 Å². The summed E-state index contributed by atoms with van der Waals surface area (Å²) in [6.07, 6.45) is 5.66. The molecule has 1 aliphatic rings. The standard InChI is InChI=1S/C12H19N3O/c1-15(10-4-2-3-5-11(10)16)12-8-9(13)6-7-14-12/h6-8,10-11,16H,2-5H2,1H3,(H2,13,14). The number of pyridine rings is 1. The summed E-state index contributed by atoms with van der Waals surface area (Å²) >= 11 is 0. The first kappa shape index (κ1) is 11.2. The number of nitrogen functional groups attached to an aromatic ring is 1. The lowest BCUT2D eigenvalue weighted by molar-refractivity contribution is 0.106. The Morgan fingerprint density at radius 1 is 1.44 bits per heavy atom. The average Bonchev–Trinajstić information content (AvgIpc) is 2.29. The molecule has 1 heterocycles. The predicted molar refractivity (Wildman–Crippen MR) is 65.3 cm³/mol. The van der Waals surface area contributed by atoms with Crippen molar-refractivity contribution in [3.8, 4) is 0 Å². The van der Waals surface area contributed by atoms with Crippen molar-refractivity contribution < 1.29 is 5.11 Å². The second kappa shape index (κ2) is 4.70. The van der Waals surface area contributed by atoms with E-state index < -0.39 is 0 Å². The van der Waals surface area contributed by atoms with E-state index in [9.17, 15) is 5.11 Å². The molecular weight excluding hydrogens is 202 g/mol. The van der Waals surface area contributed by atoms with Crippen LogP contribution in [0.2, 0.25) is 0 Å². The van der Waals surface area contributed by atoms with Crippen LogP contribution in [0.3, 0.4) is 0 Å². The summed E-state index contributed by atoms with van der Waals surface area (Å²) in [5, 5.41) is 9.97. The molecule has 1 aromatic rings. The first-order chi connectivity index (χ1) is 7.68. The van der Waals surface area contributed by atoms with E-state index in [1.165, 1.54) is 6.42 Å². The monoisotopic (exact) mass is 221 g/mol. The SMILES string of the molecule is CN(c1cc(N)ccn1)C1CCCCC1O. The van der Waals surface area contributed by atoms with Gasteiger partial charge in [-0.05, 0) is 18.9 Å². The Bertz CT molecular complexity index is 356. The molecule has 2 unspecified atom stereocenters. The molecule has 2 atom stereocenters. The van der Waals surface area contributed by atoms with Crippen LogP contribution in [0.1, 0.15) is 25.7 Å². The van der Waals surface area contributed by atoms with Gasteiger partial charge in [-0.2, -0.15) is 0 Å². The van der Waals surface area contributed by atoms with Gasteiger partial charge in [0.2, 0.25) is 0 Å². The Balaban J connectivity index is 2.14. The molecule has 3 N–H and O–H groups in total. The van der Waals surface area contributed by atoms with E-state index in [0.29, 0.717) is 5.69 Å². The summed E-state index contributed by atoms with van der Waals surface area (Å²) in [6.45, 7) is 0. The highest BCUT2D eigenvalue weighted by Gasteiger charge is 2.27. The highest BCUT2D eigenvalue weighted by Crippen LogP contribution is 2.25. The third-order valence-electron chi connectivity index (χ3n) is 3.32. The predicted octanol–water partition coefficient (Wildman–Crippen LogP) is 1.40. The Kier molecular flexibility index (Phi) is 3.29. The van der Waals surface area contributed by atoms with Gasteiger partial charge in [-0.25, -0.2) is 4.98 Å². The number of nitrogens with zero attached hydrogens (tertiary/aromatic N) is 2. The molecule has 1 fully saturated rings. The number of likely N-dealkylation sites (N-methyl/N-ethyl adjacent to an activating group) is 1. The topological polar surface area (TPSA) is 62.4 Å². The number of hydrogen-bond acceptors (Lipinski definition) is 4. The molecule has 0 aromatic carbocycles. The van der Waals surface area contributed by atoms with Crippen molar-refractivity contribution >= 4 is 11.5 Å². The first-order valence-electron chi connectivity index (χ1n) is 5.81. The van der Waals surface area contributed by atoms with Gasteiger partial charge >= 0.3 is 0 Å². The maximum atomic E-state index is 9.97. The molecule has 0 amide bonds. The summed E-state index contributed by atoms with van der Waals surface area (Å²) in [5.74, 6) is 0.839. The lowest BCUT2D eigenvalue weighted by Crippen LogP contribution is -2.43. The van der Waals surface area contributed by atoms with Crippen LogP contribution in [0, 0.1) is 0 Å². The maximum absolute atomic E-state index is 9.97. The zero-order chi connectivity index (χ0) is 11.5. The third kappa shape index (κ3) is 2.27. The lowest BCUT2D eigenvalue weighted by atomic mass is 9.91. The van der Waals surface area contributed by atoms with Crippen LogP contribution in [-0.2, 0) is 0 Å². The Morgan fingerprint density at radius 2 is 2.19 bits per heavy atom. The fourth-order valence-corrected chi connectivity index (χ4v) is 2.34. The van der Waals surface area contributed by atoms with E-state index in [4.69, 9.17) is 5.73 Å². The molecule has 88 valence electrons. The van der Waals surface area contributed by atoms with Gasteiger partial charge in [-0.3, -0.25) is 0 Å². The third-order valence-corrected chi connectivity index (χ3v) is 3.32. The number of aliphatic hydroxyl groups excluding tert-OH is 1. The number of aliphatic hydroxyl groups is 1. The molecule has 0 aliphatic heterocycles. The molecule has 4 nitrogen and oxygen atoms in total. The molecular formula is C12H19N3O. The Hall–Kier alpha value is -1.29. The van der Waals surface area contributed by atoms with Gasteiger partial charge in [-0.1, -0.05) is 12.8 Å². The van der Waals surface area contributed by atoms with Crippen LogP contribution in [-0.4, -0.2) is 29.3 Å². The van der Waals surface area contributed by atoms with Gasteiger partial charge < -0.3 is 15.7 Å². The van der Waals surface area contributed by atoms with Crippen molar-refractivity contribution in [1.82, 2.24) is 4.98 Å². The quantitative estimate of drug-likeness (QED) is 0.792.